The van der Waals surface area contributed by atoms with Gasteiger partial charge in [-0.2, -0.15) is 0 Å². The van der Waals surface area contributed by atoms with Crippen molar-refractivity contribution in [1.82, 2.24) is 0 Å². The first kappa shape index (κ1) is 8.72. The predicted octanol–water partition coefficient (Wildman–Crippen LogP) is 0.659. The molecule has 3 heteroatoms. The van der Waals surface area contributed by atoms with Gasteiger partial charge in [-0.3, -0.25) is 4.79 Å². The summed E-state index contributed by atoms with van der Waals surface area (Å²) in [4.78, 5) is 11.5. The molecular weight excluding hydrogens is 178 g/mol. The molecule has 0 heterocycles. The van der Waals surface area contributed by atoms with Crippen LogP contribution >= 0.6 is 0 Å². The second-order valence-electron chi connectivity index (χ2n) is 5.57. The summed E-state index contributed by atoms with van der Waals surface area (Å²) in [5.41, 5.74) is 4.94. The lowest BCUT2D eigenvalue weighted by Gasteiger charge is -2.57. The van der Waals surface area contributed by atoms with Crippen molar-refractivity contribution in [3.05, 3.63) is 0 Å². The third-order valence-electron chi connectivity index (χ3n) is 4.75. The maximum atomic E-state index is 11.5. The zero-order valence-electron chi connectivity index (χ0n) is 8.28. The molecule has 4 aliphatic carbocycles. The second kappa shape index (κ2) is 2.51. The van der Waals surface area contributed by atoms with Crippen LogP contribution in [0, 0.1) is 23.2 Å². The molecule has 0 aromatic rings. The molecule has 0 aromatic carbocycles. The number of aliphatic hydroxyl groups is 1. The van der Waals surface area contributed by atoms with Crippen molar-refractivity contribution < 1.29 is 9.90 Å². The number of primary amides is 1. The fraction of sp³-hybridized carbons (Fsp3) is 0.909. The van der Waals surface area contributed by atoms with Crippen LogP contribution in [0.5, 0.6) is 0 Å². The molecular formula is C11H17NO2. The van der Waals surface area contributed by atoms with E-state index in [0.29, 0.717) is 17.8 Å². The van der Waals surface area contributed by atoms with Gasteiger partial charge >= 0.3 is 0 Å². The summed E-state index contributed by atoms with van der Waals surface area (Å²) < 4.78 is 0. The lowest BCUT2D eigenvalue weighted by atomic mass is 9.48. The van der Waals surface area contributed by atoms with Crippen LogP contribution in [0.3, 0.4) is 0 Å². The minimum atomic E-state index is -0.547. The first-order chi connectivity index (χ1) is 6.62. The maximum Gasteiger partial charge on any atom is 0.226 e. The van der Waals surface area contributed by atoms with E-state index >= 15 is 0 Å². The third kappa shape index (κ3) is 0.888. The Labute approximate surface area is 83.7 Å². The highest BCUT2D eigenvalue weighted by atomic mass is 16.3. The standard InChI is InChI=1S/C11H17NO2/c12-10(14)11-4-6-1-7(5-11)3-8(2-6)9(11)13/h6-9,13H,1-5H2,(H2,12,14). The van der Waals surface area contributed by atoms with Crippen LogP contribution in [0.2, 0.25) is 0 Å². The topological polar surface area (TPSA) is 63.3 Å². The van der Waals surface area contributed by atoms with Gasteiger partial charge in [-0.25, -0.2) is 0 Å². The second-order valence-corrected chi connectivity index (χ2v) is 5.57. The van der Waals surface area contributed by atoms with E-state index in [1.807, 2.05) is 0 Å². The summed E-state index contributed by atoms with van der Waals surface area (Å²) in [7, 11) is 0. The van der Waals surface area contributed by atoms with E-state index in [0.717, 1.165) is 25.7 Å². The Bertz CT molecular complexity index is 275. The number of hydrogen-bond acceptors (Lipinski definition) is 2. The molecule has 3 unspecified atom stereocenters. The van der Waals surface area contributed by atoms with Gasteiger partial charge in [-0.15, -0.1) is 0 Å². The molecule has 4 bridgehead atoms. The Morgan fingerprint density at radius 3 is 2.29 bits per heavy atom. The van der Waals surface area contributed by atoms with Crippen molar-refractivity contribution in [3.63, 3.8) is 0 Å². The van der Waals surface area contributed by atoms with Crippen molar-refractivity contribution in [3.8, 4) is 0 Å². The fourth-order valence-corrected chi connectivity index (χ4v) is 4.36. The van der Waals surface area contributed by atoms with Crippen LogP contribution in [0.4, 0.5) is 0 Å². The molecule has 4 aliphatic rings. The Balaban J connectivity index is 2.01. The lowest BCUT2D eigenvalue weighted by molar-refractivity contribution is -0.173. The molecule has 3 nitrogen and oxygen atoms in total. The molecule has 0 aliphatic heterocycles. The molecule has 4 rings (SSSR count). The van der Waals surface area contributed by atoms with Gasteiger partial charge in [0, 0.05) is 0 Å². The smallest absolute Gasteiger partial charge is 0.226 e. The average molecular weight is 195 g/mol. The number of aliphatic hydroxyl groups excluding tert-OH is 1. The van der Waals surface area contributed by atoms with Gasteiger partial charge in [0.05, 0.1) is 11.5 Å². The highest BCUT2D eigenvalue weighted by Gasteiger charge is 2.59. The van der Waals surface area contributed by atoms with Crippen LogP contribution in [0.15, 0.2) is 0 Å². The van der Waals surface area contributed by atoms with E-state index in [1.165, 1.54) is 6.42 Å². The van der Waals surface area contributed by atoms with Crippen LogP contribution < -0.4 is 5.73 Å². The van der Waals surface area contributed by atoms with Gasteiger partial charge in [0.25, 0.3) is 0 Å². The van der Waals surface area contributed by atoms with Gasteiger partial charge in [-0.05, 0) is 49.9 Å². The van der Waals surface area contributed by atoms with E-state index in [1.54, 1.807) is 0 Å². The van der Waals surface area contributed by atoms with Crippen molar-refractivity contribution in [2.24, 2.45) is 28.9 Å². The Kier molecular flexibility index (Phi) is 1.56. The molecule has 78 valence electrons. The van der Waals surface area contributed by atoms with Crippen molar-refractivity contribution >= 4 is 5.91 Å². The van der Waals surface area contributed by atoms with E-state index in [9.17, 15) is 9.90 Å². The first-order valence-corrected chi connectivity index (χ1v) is 5.60. The monoisotopic (exact) mass is 195 g/mol. The van der Waals surface area contributed by atoms with E-state index in [2.05, 4.69) is 0 Å². The molecule has 0 aromatic heterocycles. The summed E-state index contributed by atoms with van der Waals surface area (Å²) in [5, 5.41) is 10.1. The number of carbonyl (C=O) groups excluding carboxylic acids is 1. The van der Waals surface area contributed by atoms with Gasteiger partial charge < -0.3 is 10.8 Å². The lowest BCUT2D eigenvalue weighted by Crippen LogP contribution is -2.61. The summed E-state index contributed by atoms with van der Waals surface area (Å²) in [6.07, 6.45) is 4.73. The van der Waals surface area contributed by atoms with E-state index < -0.39 is 11.5 Å². The van der Waals surface area contributed by atoms with Crippen LogP contribution in [0.25, 0.3) is 0 Å². The van der Waals surface area contributed by atoms with E-state index in [4.69, 9.17) is 5.73 Å². The Morgan fingerprint density at radius 2 is 1.79 bits per heavy atom. The molecule has 4 saturated carbocycles. The molecule has 0 radical (unpaired) electrons. The number of carbonyl (C=O) groups is 1. The van der Waals surface area contributed by atoms with Crippen LogP contribution in [-0.2, 0) is 4.79 Å². The van der Waals surface area contributed by atoms with Gasteiger partial charge in [0.2, 0.25) is 5.91 Å². The first-order valence-electron chi connectivity index (χ1n) is 5.60. The van der Waals surface area contributed by atoms with Crippen LogP contribution in [-0.4, -0.2) is 17.1 Å². The fourth-order valence-electron chi connectivity index (χ4n) is 4.36. The number of amides is 1. The van der Waals surface area contributed by atoms with E-state index in [-0.39, 0.29) is 5.91 Å². The molecule has 0 spiro atoms. The van der Waals surface area contributed by atoms with Crippen LogP contribution in [0.1, 0.15) is 32.1 Å². The van der Waals surface area contributed by atoms with Gasteiger partial charge in [0.15, 0.2) is 0 Å². The summed E-state index contributed by atoms with van der Waals surface area (Å²) in [5.74, 6) is 1.41. The summed E-state index contributed by atoms with van der Waals surface area (Å²) in [6, 6.07) is 0. The highest BCUT2D eigenvalue weighted by molar-refractivity contribution is 5.82. The molecule has 1 amide bonds. The zero-order chi connectivity index (χ0) is 9.92. The molecule has 3 atom stereocenters. The largest absolute Gasteiger partial charge is 0.392 e. The Morgan fingerprint density at radius 1 is 1.21 bits per heavy atom. The summed E-state index contributed by atoms with van der Waals surface area (Å²) >= 11 is 0. The highest BCUT2D eigenvalue weighted by Crippen LogP contribution is 2.59. The number of rotatable bonds is 1. The zero-order valence-corrected chi connectivity index (χ0v) is 8.28. The predicted molar refractivity (Wildman–Crippen MR) is 51.2 cm³/mol. The summed E-state index contributed by atoms with van der Waals surface area (Å²) in [6.45, 7) is 0. The van der Waals surface area contributed by atoms with Crippen molar-refractivity contribution in [2.45, 2.75) is 38.2 Å². The number of nitrogens with two attached hydrogens (primary N) is 1. The number of hydrogen-bond donors (Lipinski definition) is 2. The minimum absolute atomic E-state index is 0.260. The SMILES string of the molecule is NC(=O)C12CC3CC(CC(C3)C1O)C2. The minimum Gasteiger partial charge on any atom is -0.392 e. The Hall–Kier alpha value is -0.570. The normalized spacial score (nSPS) is 54.9. The molecule has 3 N–H and O–H groups in total. The van der Waals surface area contributed by atoms with Gasteiger partial charge in [-0.1, -0.05) is 0 Å². The molecule has 14 heavy (non-hydrogen) atoms. The molecule has 4 fully saturated rings. The molecule has 0 saturated heterocycles. The van der Waals surface area contributed by atoms with Crippen molar-refractivity contribution in [1.29, 1.82) is 0 Å². The average Bonchev–Trinajstić information content (AvgIpc) is 2.12. The van der Waals surface area contributed by atoms with Gasteiger partial charge in [0.1, 0.15) is 0 Å². The van der Waals surface area contributed by atoms with Crippen molar-refractivity contribution in [2.75, 3.05) is 0 Å². The quantitative estimate of drug-likeness (QED) is 0.645. The third-order valence-corrected chi connectivity index (χ3v) is 4.75. The maximum absolute atomic E-state index is 11.5.